The minimum Gasteiger partial charge on any atom is -0.322 e. The number of nitrogens with two attached hydrogens (primary N) is 1. The molecule has 17 heavy (non-hydrogen) atoms. The third kappa shape index (κ3) is 2.14. The molecule has 7 heteroatoms. The van der Waals surface area contributed by atoms with Gasteiger partial charge in [-0.15, -0.1) is 0 Å². The lowest BCUT2D eigenvalue weighted by molar-refractivity contribution is -0.140. The number of hydrogen-bond donors (Lipinski definition) is 2. The van der Waals surface area contributed by atoms with E-state index >= 15 is 0 Å². The molecule has 0 spiro atoms. The standard InChI is InChI=1S/C10H7F4N3/c11-6-1-2-7-5(3-6)4-8(17-15)9(16-7)10(12,13)14/h1-4,17H,15H2. The number of fused-ring (bicyclic) bond motifs is 1. The summed E-state index contributed by atoms with van der Waals surface area (Å²) in [6, 6.07) is 4.42. The number of pyridine rings is 1. The topological polar surface area (TPSA) is 50.9 Å². The average Bonchev–Trinajstić information content (AvgIpc) is 2.25. The van der Waals surface area contributed by atoms with Gasteiger partial charge in [0.1, 0.15) is 5.82 Å². The first-order valence-electron chi connectivity index (χ1n) is 4.56. The van der Waals surface area contributed by atoms with E-state index in [1.165, 1.54) is 6.07 Å². The Kier molecular flexibility index (Phi) is 2.62. The summed E-state index contributed by atoms with van der Waals surface area (Å²) in [4.78, 5) is 3.42. The second-order valence-corrected chi connectivity index (χ2v) is 3.36. The largest absolute Gasteiger partial charge is 0.435 e. The highest BCUT2D eigenvalue weighted by Crippen LogP contribution is 2.34. The Hall–Kier alpha value is -1.89. The summed E-state index contributed by atoms with van der Waals surface area (Å²) >= 11 is 0. The van der Waals surface area contributed by atoms with Crippen LogP contribution in [-0.4, -0.2) is 4.98 Å². The van der Waals surface area contributed by atoms with Crippen LogP contribution in [0.1, 0.15) is 5.69 Å². The smallest absolute Gasteiger partial charge is 0.322 e. The van der Waals surface area contributed by atoms with Gasteiger partial charge in [-0.05, 0) is 24.3 Å². The van der Waals surface area contributed by atoms with Gasteiger partial charge in [0, 0.05) is 5.39 Å². The van der Waals surface area contributed by atoms with Crippen LogP contribution in [0.25, 0.3) is 10.9 Å². The first-order chi connectivity index (χ1) is 7.91. The highest BCUT2D eigenvalue weighted by molar-refractivity contribution is 5.82. The van der Waals surface area contributed by atoms with Crippen LogP contribution in [0.15, 0.2) is 24.3 Å². The van der Waals surface area contributed by atoms with E-state index in [4.69, 9.17) is 5.84 Å². The Bertz CT molecular complexity index is 565. The van der Waals surface area contributed by atoms with Crippen LogP contribution in [0, 0.1) is 5.82 Å². The lowest BCUT2D eigenvalue weighted by Crippen LogP contribution is -2.16. The van der Waals surface area contributed by atoms with Gasteiger partial charge < -0.3 is 5.43 Å². The first kappa shape index (κ1) is 11.6. The van der Waals surface area contributed by atoms with Crippen LogP contribution in [0.3, 0.4) is 0 Å². The summed E-state index contributed by atoms with van der Waals surface area (Å²) in [6.45, 7) is 0. The van der Waals surface area contributed by atoms with E-state index in [0.717, 1.165) is 18.2 Å². The molecule has 0 aliphatic carbocycles. The van der Waals surface area contributed by atoms with E-state index in [-0.39, 0.29) is 10.9 Å². The predicted octanol–water partition coefficient (Wildman–Crippen LogP) is 2.68. The quantitative estimate of drug-likeness (QED) is 0.461. The van der Waals surface area contributed by atoms with Crippen LogP contribution in [0.4, 0.5) is 23.2 Å². The average molecular weight is 245 g/mol. The van der Waals surface area contributed by atoms with Crippen LogP contribution in [0.5, 0.6) is 0 Å². The van der Waals surface area contributed by atoms with Crippen molar-refractivity contribution < 1.29 is 17.6 Å². The molecule has 1 heterocycles. The maximum Gasteiger partial charge on any atom is 0.435 e. The Morgan fingerprint density at radius 1 is 1.18 bits per heavy atom. The molecule has 1 aromatic carbocycles. The molecule has 0 bridgehead atoms. The van der Waals surface area contributed by atoms with Gasteiger partial charge in [-0.25, -0.2) is 9.37 Å². The van der Waals surface area contributed by atoms with Crippen molar-refractivity contribution in [1.29, 1.82) is 0 Å². The highest BCUT2D eigenvalue weighted by Gasteiger charge is 2.35. The zero-order chi connectivity index (χ0) is 12.6. The lowest BCUT2D eigenvalue weighted by Gasteiger charge is -2.12. The van der Waals surface area contributed by atoms with E-state index in [1.54, 1.807) is 0 Å². The maximum atomic E-state index is 12.9. The number of halogens is 4. The van der Waals surface area contributed by atoms with Gasteiger partial charge in [0.25, 0.3) is 0 Å². The van der Waals surface area contributed by atoms with Crippen molar-refractivity contribution in [3.63, 3.8) is 0 Å². The van der Waals surface area contributed by atoms with Crippen molar-refractivity contribution in [2.75, 3.05) is 5.43 Å². The summed E-state index contributed by atoms with van der Waals surface area (Å²) < 4.78 is 50.7. The maximum absolute atomic E-state index is 12.9. The van der Waals surface area contributed by atoms with Gasteiger partial charge in [0.2, 0.25) is 0 Å². The van der Waals surface area contributed by atoms with E-state index in [0.29, 0.717) is 0 Å². The second-order valence-electron chi connectivity index (χ2n) is 3.36. The first-order valence-corrected chi connectivity index (χ1v) is 4.56. The molecule has 1 aromatic heterocycles. The molecule has 0 saturated heterocycles. The monoisotopic (exact) mass is 245 g/mol. The van der Waals surface area contributed by atoms with E-state index in [9.17, 15) is 17.6 Å². The van der Waals surface area contributed by atoms with Gasteiger partial charge >= 0.3 is 6.18 Å². The zero-order valence-electron chi connectivity index (χ0n) is 8.35. The molecule has 3 nitrogen and oxygen atoms in total. The summed E-state index contributed by atoms with van der Waals surface area (Å²) in [5.41, 5.74) is 0.443. The van der Waals surface area contributed by atoms with Gasteiger partial charge in [-0.2, -0.15) is 13.2 Å². The molecule has 0 aliphatic heterocycles. The number of nitrogens with one attached hydrogen (secondary N) is 1. The number of nitrogens with zero attached hydrogens (tertiary/aromatic N) is 1. The number of benzene rings is 1. The van der Waals surface area contributed by atoms with Crippen LogP contribution in [-0.2, 0) is 6.18 Å². The molecular weight excluding hydrogens is 238 g/mol. The molecule has 0 saturated carbocycles. The van der Waals surface area contributed by atoms with Crippen molar-refractivity contribution in [3.8, 4) is 0 Å². The molecule has 2 aromatic rings. The third-order valence-electron chi connectivity index (χ3n) is 2.20. The summed E-state index contributed by atoms with van der Waals surface area (Å²) in [7, 11) is 0. The minimum atomic E-state index is -4.62. The Balaban J connectivity index is 2.73. The Morgan fingerprint density at radius 3 is 2.47 bits per heavy atom. The van der Waals surface area contributed by atoms with Crippen molar-refractivity contribution in [2.24, 2.45) is 5.84 Å². The van der Waals surface area contributed by atoms with E-state index in [2.05, 4.69) is 4.98 Å². The van der Waals surface area contributed by atoms with Crippen LogP contribution in [0.2, 0.25) is 0 Å². The fraction of sp³-hybridized carbons (Fsp3) is 0.100. The van der Waals surface area contributed by atoms with Gasteiger partial charge in [-0.1, -0.05) is 0 Å². The SMILES string of the molecule is NNc1cc2cc(F)ccc2nc1C(F)(F)F. The molecule has 0 fully saturated rings. The molecule has 0 radical (unpaired) electrons. The number of hydrazine groups is 1. The molecule has 90 valence electrons. The fourth-order valence-corrected chi connectivity index (χ4v) is 1.47. The summed E-state index contributed by atoms with van der Waals surface area (Å²) in [6.07, 6.45) is -4.62. The van der Waals surface area contributed by atoms with Gasteiger partial charge in [0.05, 0.1) is 11.2 Å². The third-order valence-corrected chi connectivity index (χ3v) is 2.20. The number of anilines is 1. The van der Waals surface area contributed by atoms with Crippen molar-refractivity contribution in [2.45, 2.75) is 6.18 Å². The minimum absolute atomic E-state index is 0.0534. The predicted molar refractivity (Wildman–Crippen MR) is 54.5 cm³/mol. The summed E-state index contributed by atoms with van der Waals surface area (Å²) in [5, 5.41) is 0.242. The lowest BCUT2D eigenvalue weighted by atomic mass is 10.1. The van der Waals surface area contributed by atoms with Gasteiger partial charge in [0.15, 0.2) is 5.69 Å². The second kappa shape index (κ2) is 3.85. The Morgan fingerprint density at radius 2 is 1.88 bits per heavy atom. The van der Waals surface area contributed by atoms with Crippen molar-refractivity contribution >= 4 is 16.6 Å². The normalized spacial score (nSPS) is 11.8. The number of nitrogen functional groups attached to an aromatic ring is 1. The summed E-state index contributed by atoms with van der Waals surface area (Å²) in [5.74, 6) is 4.44. The van der Waals surface area contributed by atoms with Crippen molar-refractivity contribution in [3.05, 3.63) is 35.8 Å². The van der Waals surface area contributed by atoms with E-state index < -0.39 is 23.4 Å². The van der Waals surface area contributed by atoms with E-state index in [1.807, 2.05) is 5.43 Å². The van der Waals surface area contributed by atoms with Crippen molar-refractivity contribution in [1.82, 2.24) is 4.98 Å². The molecular formula is C10H7F4N3. The molecule has 0 unspecified atom stereocenters. The fourth-order valence-electron chi connectivity index (χ4n) is 1.47. The number of alkyl halides is 3. The molecule has 0 amide bonds. The zero-order valence-corrected chi connectivity index (χ0v) is 8.35. The van der Waals surface area contributed by atoms with Crippen LogP contribution >= 0.6 is 0 Å². The molecule has 0 aliphatic rings. The number of aromatic nitrogens is 1. The molecule has 0 atom stereocenters. The Labute approximate surface area is 93.2 Å². The molecule has 3 N–H and O–H groups in total. The number of rotatable bonds is 1. The number of hydrogen-bond acceptors (Lipinski definition) is 3. The highest BCUT2D eigenvalue weighted by atomic mass is 19.4. The van der Waals surface area contributed by atoms with Gasteiger partial charge in [-0.3, -0.25) is 5.84 Å². The van der Waals surface area contributed by atoms with Crippen LogP contribution < -0.4 is 11.3 Å². The molecule has 2 rings (SSSR count).